The molecule has 1 aromatic carbocycles. The van der Waals surface area contributed by atoms with Gasteiger partial charge in [0.1, 0.15) is 5.75 Å². The predicted octanol–water partition coefficient (Wildman–Crippen LogP) is 2.53. The molecule has 0 aromatic heterocycles. The van der Waals surface area contributed by atoms with Crippen molar-refractivity contribution in [3.63, 3.8) is 0 Å². The number of carbonyl (C=O) groups is 2. The van der Waals surface area contributed by atoms with Gasteiger partial charge in [0.15, 0.2) is 0 Å². The van der Waals surface area contributed by atoms with Crippen LogP contribution in [0.15, 0.2) is 24.3 Å². The molecule has 1 N–H and O–H groups in total. The Morgan fingerprint density at radius 3 is 2.72 bits per heavy atom. The summed E-state index contributed by atoms with van der Waals surface area (Å²) in [5.41, 5.74) is 0.505. The Balaban J connectivity index is 2.54. The number of hydrogen-bond donors (Lipinski definition) is 1. The Morgan fingerprint density at radius 1 is 1.28 bits per heavy atom. The van der Waals surface area contributed by atoms with Gasteiger partial charge in [0, 0.05) is 19.0 Å². The summed E-state index contributed by atoms with van der Waals surface area (Å²) < 4.78 is 4.93. The van der Waals surface area contributed by atoms with Crippen molar-refractivity contribution in [2.75, 3.05) is 6.54 Å². The highest BCUT2D eigenvalue weighted by atomic mass is 16.5. The number of benzene rings is 1. The molecular formula is C14H19NO3. The van der Waals surface area contributed by atoms with Crippen molar-refractivity contribution in [3.05, 3.63) is 29.8 Å². The van der Waals surface area contributed by atoms with Crippen molar-refractivity contribution in [2.45, 2.75) is 33.1 Å². The van der Waals surface area contributed by atoms with Crippen LogP contribution in [0.1, 0.15) is 43.5 Å². The first-order valence-electron chi connectivity index (χ1n) is 6.20. The molecule has 0 atom stereocenters. The Labute approximate surface area is 107 Å². The molecule has 0 aliphatic carbocycles. The molecule has 98 valence electrons. The molecule has 0 unspecified atom stereocenters. The molecule has 4 nitrogen and oxygen atoms in total. The summed E-state index contributed by atoms with van der Waals surface area (Å²) in [4.78, 5) is 22.6. The number of nitrogens with one attached hydrogen (secondary N) is 1. The van der Waals surface area contributed by atoms with Gasteiger partial charge in [-0.1, -0.05) is 25.8 Å². The number of carbonyl (C=O) groups excluding carboxylic acids is 2. The lowest BCUT2D eigenvalue weighted by Crippen LogP contribution is -2.24. The molecule has 0 spiro atoms. The Bertz CT molecular complexity index is 415. The van der Waals surface area contributed by atoms with E-state index in [-0.39, 0.29) is 5.91 Å². The maximum atomic E-state index is 11.8. The fourth-order valence-electron chi connectivity index (χ4n) is 1.55. The maximum absolute atomic E-state index is 11.8. The fraction of sp³-hybridized carbons (Fsp3) is 0.429. The van der Waals surface area contributed by atoms with E-state index in [1.54, 1.807) is 24.3 Å². The van der Waals surface area contributed by atoms with E-state index in [1.165, 1.54) is 6.92 Å². The van der Waals surface area contributed by atoms with Crippen molar-refractivity contribution in [1.82, 2.24) is 5.32 Å². The molecule has 0 heterocycles. The van der Waals surface area contributed by atoms with Gasteiger partial charge in [0.25, 0.3) is 5.91 Å². The normalized spacial score (nSPS) is 9.89. The van der Waals surface area contributed by atoms with Gasteiger partial charge in [-0.05, 0) is 24.6 Å². The second-order valence-electron chi connectivity index (χ2n) is 4.08. The van der Waals surface area contributed by atoms with Crippen molar-refractivity contribution in [2.24, 2.45) is 0 Å². The molecular weight excluding hydrogens is 230 g/mol. The van der Waals surface area contributed by atoms with Gasteiger partial charge in [-0.2, -0.15) is 0 Å². The van der Waals surface area contributed by atoms with Gasteiger partial charge in [-0.15, -0.1) is 0 Å². The van der Waals surface area contributed by atoms with Gasteiger partial charge >= 0.3 is 5.97 Å². The third kappa shape index (κ3) is 4.99. The van der Waals surface area contributed by atoms with Crippen LogP contribution in [0, 0.1) is 0 Å². The largest absolute Gasteiger partial charge is 0.427 e. The number of esters is 1. The number of hydrogen-bond acceptors (Lipinski definition) is 3. The van der Waals surface area contributed by atoms with Crippen LogP contribution in [0.2, 0.25) is 0 Å². The average Bonchev–Trinajstić information content (AvgIpc) is 2.34. The molecule has 1 rings (SSSR count). The summed E-state index contributed by atoms with van der Waals surface area (Å²) in [5.74, 6) is -0.140. The summed E-state index contributed by atoms with van der Waals surface area (Å²) in [6, 6.07) is 6.60. The zero-order valence-corrected chi connectivity index (χ0v) is 10.9. The van der Waals surface area contributed by atoms with Crippen molar-refractivity contribution < 1.29 is 14.3 Å². The lowest BCUT2D eigenvalue weighted by atomic mass is 10.2. The molecule has 0 aliphatic rings. The first-order valence-corrected chi connectivity index (χ1v) is 6.20. The lowest BCUT2D eigenvalue weighted by molar-refractivity contribution is -0.131. The zero-order chi connectivity index (χ0) is 13.4. The summed E-state index contributed by atoms with van der Waals surface area (Å²) in [5, 5.41) is 2.83. The summed E-state index contributed by atoms with van der Waals surface area (Å²) in [6.45, 7) is 4.12. The maximum Gasteiger partial charge on any atom is 0.308 e. The number of unbranched alkanes of at least 4 members (excludes halogenated alkanes) is 2. The van der Waals surface area contributed by atoms with E-state index < -0.39 is 5.97 Å². The SMILES string of the molecule is CCCCCNC(=O)c1cccc(OC(C)=O)c1. The fourth-order valence-corrected chi connectivity index (χ4v) is 1.55. The van der Waals surface area contributed by atoms with Crippen LogP contribution in [0.3, 0.4) is 0 Å². The van der Waals surface area contributed by atoms with Crippen LogP contribution >= 0.6 is 0 Å². The zero-order valence-electron chi connectivity index (χ0n) is 10.9. The molecule has 0 saturated heterocycles. The van der Waals surface area contributed by atoms with Gasteiger partial charge < -0.3 is 10.1 Å². The molecule has 0 saturated carbocycles. The van der Waals surface area contributed by atoms with Gasteiger partial charge in [0.2, 0.25) is 0 Å². The standard InChI is InChI=1S/C14H19NO3/c1-3-4-5-9-15-14(17)12-7-6-8-13(10-12)18-11(2)16/h6-8,10H,3-5,9H2,1-2H3,(H,15,17). The molecule has 0 fully saturated rings. The van der Waals surface area contributed by atoms with E-state index in [1.807, 2.05) is 0 Å². The van der Waals surface area contributed by atoms with E-state index in [4.69, 9.17) is 4.74 Å². The smallest absolute Gasteiger partial charge is 0.308 e. The Morgan fingerprint density at radius 2 is 2.06 bits per heavy atom. The van der Waals surface area contributed by atoms with E-state index >= 15 is 0 Å². The minimum absolute atomic E-state index is 0.139. The van der Waals surface area contributed by atoms with Gasteiger partial charge in [-0.3, -0.25) is 9.59 Å². The minimum Gasteiger partial charge on any atom is -0.427 e. The first-order chi connectivity index (χ1) is 8.63. The number of amides is 1. The van der Waals surface area contributed by atoms with Crippen LogP contribution in [-0.4, -0.2) is 18.4 Å². The summed E-state index contributed by atoms with van der Waals surface area (Å²) >= 11 is 0. The van der Waals surface area contributed by atoms with Crippen molar-refractivity contribution in [1.29, 1.82) is 0 Å². The van der Waals surface area contributed by atoms with Crippen LogP contribution in [0.5, 0.6) is 5.75 Å². The van der Waals surface area contributed by atoms with Crippen molar-refractivity contribution in [3.8, 4) is 5.75 Å². The quantitative estimate of drug-likeness (QED) is 0.479. The Hall–Kier alpha value is -1.84. The Kier molecular flexibility index (Phi) is 5.91. The average molecular weight is 249 g/mol. The summed E-state index contributed by atoms with van der Waals surface area (Å²) in [7, 11) is 0. The molecule has 0 radical (unpaired) electrons. The second-order valence-corrected chi connectivity index (χ2v) is 4.08. The van der Waals surface area contributed by atoms with Crippen LogP contribution in [-0.2, 0) is 4.79 Å². The monoisotopic (exact) mass is 249 g/mol. The highest BCUT2D eigenvalue weighted by Gasteiger charge is 2.06. The molecule has 18 heavy (non-hydrogen) atoms. The molecule has 0 aliphatic heterocycles. The first kappa shape index (κ1) is 14.2. The van der Waals surface area contributed by atoms with E-state index in [2.05, 4.69) is 12.2 Å². The summed E-state index contributed by atoms with van der Waals surface area (Å²) in [6.07, 6.45) is 3.21. The predicted molar refractivity (Wildman–Crippen MR) is 69.6 cm³/mol. The van der Waals surface area contributed by atoms with Gasteiger partial charge in [-0.25, -0.2) is 0 Å². The highest BCUT2D eigenvalue weighted by Crippen LogP contribution is 2.13. The number of rotatable bonds is 6. The van der Waals surface area contributed by atoms with E-state index in [9.17, 15) is 9.59 Å². The third-order valence-corrected chi connectivity index (χ3v) is 2.42. The molecule has 4 heteroatoms. The highest BCUT2D eigenvalue weighted by molar-refractivity contribution is 5.94. The third-order valence-electron chi connectivity index (χ3n) is 2.42. The minimum atomic E-state index is -0.393. The number of ether oxygens (including phenoxy) is 1. The topological polar surface area (TPSA) is 55.4 Å². The molecule has 1 aromatic rings. The van der Waals surface area contributed by atoms with Crippen LogP contribution < -0.4 is 10.1 Å². The molecule has 1 amide bonds. The van der Waals surface area contributed by atoms with Crippen LogP contribution in [0.4, 0.5) is 0 Å². The van der Waals surface area contributed by atoms with Crippen molar-refractivity contribution >= 4 is 11.9 Å². The lowest BCUT2D eigenvalue weighted by Gasteiger charge is -2.06. The molecule has 0 bridgehead atoms. The van der Waals surface area contributed by atoms with E-state index in [0.717, 1.165) is 19.3 Å². The van der Waals surface area contributed by atoms with Gasteiger partial charge in [0.05, 0.1) is 0 Å². The second kappa shape index (κ2) is 7.48. The van der Waals surface area contributed by atoms with E-state index in [0.29, 0.717) is 17.9 Å². The van der Waals surface area contributed by atoms with Crippen LogP contribution in [0.25, 0.3) is 0 Å².